The fraction of sp³-hybridized carbons (Fsp3) is 0.375. The molecule has 1 saturated carbocycles. The van der Waals surface area contributed by atoms with Gasteiger partial charge in [0.15, 0.2) is 0 Å². The van der Waals surface area contributed by atoms with E-state index in [0.29, 0.717) is 34.1 Å². The van der Waals surface area contributed by atoms with Crippen LogP contribution in [-0.2, 0) is 0 Å². The van der Waals surface area contributed by atoms with Crippen molar-refractivity contribution in [3.05, 3.63) is 46.3 Å². The van der Waals surface area contributed by atoms with Crippen molar-refractivity contribution in [1.29, 1.82) is 0 Å². The second kappa shape index (κ2) is 7.34. The molecule has 1 heterocycles. The Morgan fingerprint density at radius 2 is 2.13 bits per heavy atom. The molecule has 0 saturated heterocycles. The van der Waals surface area contributed by atoms with Gasteiger partial charge in [-0.3, -0.25) is 0 Å². The van der Waals surface area contributed by atoms with Crippen LogP contribution < -0.4 is 10.1 Å². The van der Waals surface area contributed by atoms with Gasteiger partial charge in [-0.25, -0.2) is 9.97 Å². The van der Waals surface area contributed by atoms with Gasteiger partial charge in [0.05, 0.1) is 5.02 Å². The summed E-state index contributed by atoms with van der Waals surface area (Å²) >= 11 is 11.9. The van der Waals surface area contributed by atoms with Crippen molar-refractivity contribution in [3.8, 4) is 5.75 Å². The Kier molecular flexibility index (Phi) is 5.20. The molecule has 7 heteroatoms. The molecular weight excluding hydrogens is 337 g/mol. The van der Waals surface area contributed by atoms with Crippen molar-refractivity contribution in [1.82, 2.24) is 9.97 Å². The zero-order chi connectivity index (χ0) is 16.2. The minimum atomic E-state index is -0.704. The van der Waals surface area contributed by atoms with E-state index in [1.165, 1.54) is 0 Å². The number of nitrogens with zero attached hydrogens (tertiary/aromatic N) is 2. The summed E-state index contributed by atoms with van der Waals surface area (Å²) in [6.45, 7) is 0.424. The van der Waals surface area contributed by atoms with Crippen molar-refractivity contribution >= 4 is 29.0 Å². The molecular formula is C16H17Cl2N3O2. The van der Waals surface area contributed by atoms with E-state index in [2.05, 4.69) is 15.3 Å². The molecule has 0 spiro atoms. The number of anilines is 1. The van der Waals surface area contributed by atoms with Crippen LogP contribution in [0.3, 0.4) is 0 Å². The van der Waals surface area contributed by atoms with Crippen LogP contribution in [0.15, 0.2) is 30.5 Å². The Bertz CT molecular complexity index is 680. The maximum absolute atomic E-state index is 10.0. The van der Waals surface area contributed by atoms with Crippen molar-refractivity contribution < 1.29 is 9.84 Å². The van der Waals surface area contributed by atoms with Crippen molar-refractivity contribution in [2.45, 2.75) is 24.9 Å². The molecule has 0 radical (unpaired) electrons. The van der Waals surface area contributed by atoms with Crippen LogP contribution in [0.1, 0.15) is 24.6 Å². The number of aliphatic hydroxyl groups excluding tert-OH is 1. The van der Waals surface area contributed by atoms with Gasteiger partial charge in [-0.2, -0.15) is 0 Å². The number of halogens is 2. The topological polar surface area (TPSA) is 67.3 Å². The van der Waals surface area contributed by atoms with Gasteiger partial charge in [0, 0.05) is 18.7 Å². The molecule has 2 aromatic rings. The highest BCUT2D eigenvalue weighted by Gasteiger charge is 2.26. The first kappa shape index (κ1) is 16.3. The standard InChI is InChI=1S/C16H17Cl2N3O2/c17-12-2-1-3-13(15(12)18)23-9-11(22)8-20-14-6-7-19-16(21-14)10-4-5-10/h1-3,6-7,10-11,22H,4-5,8-9H2,(H,19,20,21). The van der Waals surface area contributed by atoms with Gasteiger partial charge < -0.3 is 15.2 Å². The van der Waals surface area contributed by atoms with E-state index in [1.54, 1.807) is 30.5 Å². The first-order valence-electron chi connectivity index (χ1n) is 7.45. The average Bonchev–Trinajstić information content (AvgIpc) is 3.39. The summed E-state index contributed by atoms with van der Waals surface area (Å²) < 4.78 is 5.50. The summed E-state index contributed by atoms with van der Waals surface area (Å²) in [4.78, 5) is 8.69. The highest BCUT2D eigenvalue weighted by atomic mass is 35.5. The predicted molar refractivity (Wildman–Crippen MR) is 90.5 cm³/mol. The Labute approximate surface area is 144 Å². The Balaban J connectivity index is 1.48. The van der Waals surface area contributed by atoms with Crippen LogP contribution in [0.25, 0.3) is 0 Å². The smallest absolute Gasteiger partial charge is 0.139 e. The van der Waals surface area contributed by atoms with Gasteiger partial charge in [0.1, 0.15) is 35.1 Å². The SMILES string of the molecule is OC(CNc1ccnc(C2CC2)n1)COc1cccc(Cl)c1Cl. The lowest BCUT2D eigenvalue weighted by Crippen LogP contribution is -2.26. The number of aromatic nitrogens is 2. The fourth-order valence-corrected chi connectivity index (χ4v) is 2.42. The first-order valence-corrected chi connectivity index (χ1v) is 8.21. The third-order valence-electron chi connectivity index (χ3n) is 3.48. The molecule has 1 fully saturated rings. The molecule has 0 amide bonds. The number of nitrogens with one attached hydrogen (secondary N) is 1. The van der Waals surface area contributed by atoms with Crippen molar-refractivity contribution in [2.24, 2.45) is 0 Å². The van der Waals surface area contributed by atoms with Crippen LogP contribution in [0, 0.1) is 0 Å². The summed E-state index contributed by atoms with van der Waals surface area (Å²) in [6.07, 6.45) is 3.34. The predicted octanol–water partition coefficient (Wildman–Crippen LogP) is 3.51. The molecule has 23 heavy (non-hydrogen) atoms. The lowest BCUT2D eigenvalue weighted by molar-refractivity contribution is 0.117. The summed E-state index contributed by atoms with van der Waals surface area (Å²) in [6, 6.07) is 6.92. The molecule has 1 atom stereocenters. The number of hydrogen-bond donors (Lipinski definition) is 2. The Morgan fingerprint density at radius 1 is 1.30 bits per heavy atom. The van der Waals surface area contributed by atoms with E-state index in [1.807, 2.05) is 0 Å². The second-order valence-electron chi connectivity index (χ2n) is 5.47. The Morgan fingerprint density at radius 3 is 2.91 bits per heavy atom. The monoisotopic (exact) mass is 353 g/mol. The third-order valence-corrected chi connectivity index (χ3v) is 4.28. The summed E-state index contributed by atoms with van der Waals surface area (Å²) in [5.41, 5.74) is 0. The minimum Gasteiger partial charge on any atom is -0.489 e. The lowest BCUT2D eigenvalue weighted by Gasteiger charge is -2.15. The van der Waals surface area contributed by atoms with Crippen molar-refractivity contribution in [2.75, 3.05) is 18.5 Å². The van der Waals surface area contributed by atoms with E-state index < -0.39 is 6.10 Å². The molecule has 122 valence electrons. The van der Waals surface area contributed by atoms with E-state index in [4.69, 9.17) is 27.9 Å². The number of hydrogen-bond acceptors (Lipinski definition) is 5. The van der Waals surface area contributed by atoms with Gasteiger partial charge in [-0.05, 0) is 31.0 Å². The molecule has 1 unspecified atom stereocenters. The van der Waals surface area contributed by atoms with Crippen LogP contribution in [0.2, 0.25) is 10.0 Å². The normalized spacial score (nSPS) is 15.3. The van der Waals surface area contributed by atoms with Gasteiger partial charge in [0.2, 0.25) is 0 Å². The number of benzene rings is 1. The van der Waals surface area contributed by atoms with Crippen LogP contribution in [-0.4, -0.2) is 34.3 Å². The fourth-order valence-electron chi connectivity index (χ4n) is 2.07. The molecule has 3 rings (SSSR count). The van der Waals surface area contributed by atoms with Crippen LogP contribution in [0.4, 0.5) is 5.82 Å². The molecule has 1 aliphatic rings. The first-order chi connectivity index (χ1) is 11.1. The van der Waals surface area contributed by atoms with Gasteiger partial charge in [-0.15, -0.1) is 0 Å². The van der Waals surface area contributed by atoms with Crippen LogP contribution >= 0.6 is 23.2 Å². The van der Waals surface area contributed by atoms with E-state index in [9.17, 15) is 5.11 Å². The highest BCUT2D eigenvalue weighted by Crippen LogP contribution is 2.38. The van der Waals surface area contributed by atoms with E-state index in [0.717, 1.165) is 18.7 Å². The summed E-state index contributed by atoms with van der Waals surface area (Å²) in [5, 5.41) is 13.9. The van der Waals surface area contributed by atoms with Crippen molar-refractivity contribution in [3.63, 3.8) is 0 Å². The van der Waals surface area contributed by atoms with E-state index in [-0.39, 0.29) is 6.61 Å². The maximum atomic E-state index is 10.0. The molecule has 0 aliphatic heterocycles. The molecule has 1 aromatic heterocycles. The third kappa shape index (κ3) is 4.47. The molecule has 1 aromatic carbocycles. The summed E-state index contributed by atoms with van der Waals surface area (Å²) in [7, 11) is 0. The number of rotatable bonds is 7. The number of aliphatic hydroxyl groups is 1. The zero-order valence-electron chi connectivity index (χ0n) is 12.4. The zero-order valence-corrected chi connectivity index (χ0v) is 13.9. The van der Waals surface area contributed by atoms with E-state index >= 15 is 0 Å². The molecule has 0 bridgehead atoms. The van der Waals surface area contributed by atoms with Gasteiger partial charge in [0.25, 0.3) is 0 Å². The van der Waals surface area contributed by atoms with Gasteiger partial charge >= 0.3 is 0 Å². The maximum Gasteiger partial charge on any atom is 0.139 e. The highest BCUT2D eigenvalue weighted by molar-refractivity contribution is 6.42. The number of ether oxygens (including phenoxy) is 1. The minimum absolute atomic E-state index is 0.105. The van der Waals surface area contributed by atoms with Gasteiger partial charge in [-0.1, -0.05) is 29.3 Å². The molecule has 5 nitrogen and oxygen atoms in total. The largest absolute Gasteiger partial charge is 0.489 e. The Hall–Kier alpha value is -1.56. The lowest BCUT2D eigenvalue weighted by atomic mass is 10.3. The molecule has 1 aliphatic carbocycles. The quantitative estimate of drug-likeness (QED) is 0.797. The summed E-state index contributed by atoms with van der Waals surface area (Å²) in [5.74, 6) is 2.53. The average molecular weight is 354 g/mol. The second-order valence-corrected chi connectivity index (χ2v) is 6.26. The molecule has 2 N–H and O–H groups in total. The van der Waals surface area contributed by atoms with Crippen LogP contribution in [0.5, 0.6) is 5.75 Å².